The van der Waals surface area contributed by atoms with Crippen molar-refractivity contribution in [3.63, 3.8) is 0 Å². The van der Waals surface area contributed by atoms with Crippen LogP contribution >= 0.6 is 0 Å². The van der Waals surface area contributed by atoms with Crippen molar-refractivity contribution in [3.8, 4) is 0 Å². The lowest BCUT2D eigenvalue weighted by atomic mass is 9.59. The van der Waals surface area contributed by atoms with Crippen LogP contribution in [0.5, 0.6) is 0 Å². The number of hydrogen-bond donors (Lipinski definition) is 3. The predicted molar refractivity (Wildman–Crippen MR) is 129 cm³/mol. The number of allylic oxidation sites excluding steroid dienone is 3. The Bertz CT molecular complexity index is 696. The van der Waals surface area contributed by atoms with E-state index in [0.717, 1.165) is 24.3 Å². The standard InChI is InChI=1S/C28H46O3/c1-18(13-15-27(4,5)31)19(2)23-11-12-24-22(8-7-14-28(23,24)6)10-9-21-16-25(29)20(3)26(30)17-21/h9-10,18-19,23-26,29-31H,3,7-8,11-17H2,1-2,4-6H3/b22-10+/t18?,19?,23?,24?,25-,26-,28-/m1/s1. The van der Waals surface area contributed by atoms with Gasteiger partial charge in [-0.2, -0.15) is 0 Å². The van der Waals surface area contributed by atoms with Gasteiger partial charge in [-0.3, -0.25) is 0 Å². The van der Waals surface area contributed by atoms with Crippen LogP contribution in [0.1, 0.15) is 92.4 Å². The van der Waals surface area contributed by atoms with E-state index in [1.165, 1.54) is 32.1 Å². The molecule has 3 fully saturated rings. The van der Waals surface area contributed by atoms with Gasteiger partial charge in [0.1, 0.15) is 0 Å². The third-order valence-electron chi connectivity index (χ3n) is 9.08. The summed E-state index contributed by atoms with van der Waals surface area (Å²) in [6, 6.07) is 0. The lowest BCUT2D eigenvalue weighted by Crippen LogP contribution is -2.37. The highest BCUT2D eigenvalue weighted by Crippen LogP contribution is 2.60. The molecule has 4 unspecified atom stereocenters. The van der Waals surface area contributed by atoms with E-state index in [1.54, 1.807) is 5.57 Å². The molecule has 0 aliphatic heterocycles. The fraction of sp³-hybridized carbons (Fsp3) is 0.786. The minimum absolute atomic E-state index is 0.366. The Morgan fingerprint density at radius 2 is 1.77 bits per heavy atom. The van der Waals surface area contributed by atoms with Crippen LogP contribution in [0.15, 0.2) is 35.5 Å². The molecular formula is C28H46O3. The molecule has 0 bridgehead atoms. The molecule has 31 heavy (non-hydrogen) atoms. The third-order valence-corrected chi connectivity index (χ3v) is 9.08. The first kappa shape index (κ1) is 24.7. The van der Waals surface area contributed by atoms with Gasteiger partial charge in [-0.05, 0) is 106 Å². The SMILES string of the molecule is C=C1[C@H](O)CC(=C/C=C2\CCC[C@@]3(C)C2CCC3C(C)C(C)CCC(C)(C)O)C[C@H]1O. The molecule has 0 amide bonds. The van der Waals surface area contributed by atoms with Crippen LogP contribution in [0.3, 0.4) is 0 Å². The van der Waals surface area contributed by atoms with E-state index in [2.05, 4.69) is 39.5 Å². The van der Waals surface area contributed by atoms with E-state index in [1.807, 2.05) is 13.8 Å². The van der Waals surface area contributed by atoms with Crippen molar-refractivity contribution in [2.24, 2.45) is 29.1 Å². The van der Waals surface area contributed by atoms with Crippen LogP contribution < -0.4 is 0 Å². The molecule has 0 saturated heterocycles. The third kappa shape index (κ3) is 5.54. The number of aliphatic hydroxyl groups is 3. The van der Waals surface area contributed by atoms with Gasteiger partial charge in [0.05, 0.1) is 17.8 Å². The van der Waals surface area contributed by atoms with E-state index in [-0.39, 0.29) is 0 Å². The van der Waals surface area contributed by atoms with Crippen LogP contribution in [0.4, 0.5) is 0 Å². The van der Waals surface area contributed by atoms with Crippen LogP contribution in [-0.4, -0.2) is 33.1 Å². The molecule has 3 heteroatoms. The number of fused-ring (bicyclic) bond motifs is 1. The lowest BCUT2D eigenvalue weighted by molar-refractivity contribution is 0.0447. The van der Waals surface area contributed by atoms with E-state index in [4.69, 9.17) is 0 Å². The zero-order valence-electron chi connectivity index (χ0n) is 20.5. The van der Waals surface area contributed by atoms with E-state index < -0.39 is 17.8 Å². The first-order valence-electron chi connectivity index (χ1n) is 12.6. The average Bonchev–Trinajstić information content (AvgIpc) is 3.04. The van der Waals surface area contributed by atoms with E-state index >= 15 is 0 Å². The van der Waals surface area contributed by atoms with Gasteiger partial charge >= 0.3 is 0 Å². The Kier molecular flexibility index (Phi) is 7.61. The summed E-state index contributed by atoms with van der Waals surface area (Å²) in [7, 11) is 0. The van der Waals surface area contributed by atoms with Gasteiger partial charge in [-0.15, -0.1) is 0 Å². The first-order valence-corrected chi connectivity index (χ1v) is 12.6. The molecule has 0 heterocycles. The molecule has 0 aromatic carbocycles. The van der Waals surface area contributed by atoms with Crippen molar-refractivity contribution in [2.45, 2.75) is 110 Å². The van der Waals surface area contributed by atoms with Crippen molar-refractivity contribution >= 4 is 0 Å². The topological polar surface area (TPSA) is 60.7 Å². The highest BCUT2D eigenvalue weighted by Gasteiger charge is 2.51. The zero-order valence-corrected chi connectivity index (χ0v) is 20.5. The maximum absolute atomic E-state index is 10.2. The summed E-state index contributed by atoms with van der Waals surface area (Å²) < 4.78 is 0. The molecule has 3 rings (SSSR count). The molecule has 0 radical (unpaired) electrons. The summed E-state index contributed by atoms with van der Waals surface area (Å²) in [6.07, 6.45) is 12.8. The summed E-state index contributed by atoms with van der Waals surface area (Å²) in [5, 5.41) is 30.5. The van der Waals surface area contributed by atoms with Gasteiger partial charge in [0.15, 0.2) is 0 Å². The molecule has 3 N–H and O–H groups in total. The summed E-state index contributed by atoms with van der Waals surface area (Å²) >= 11 is 0. The van der Waals surface area contributed by atoms with Crippen LogP contribution in [0.25, 0.3) is 0 Å². The second-order valence-electron chi connectivity index (χ2n) is 11.9. The normalized spacial score (nSPS) is 37.6. The molecule has 0 aromatic rings. The van der Waals surface area contributed by atoms with Gasteiger partial charge < -0.3 is 15.3 Å². The smallest absolute Gasteiger partial charge is 0.0809 e. The largest absolute Gasteiger partial charge is 0.390 e. The molecule has 0 spiro atoms. The molecule has 3 nitrogen and oxygen atoms in total. The second-order valence-corrected chi connectivity index (χ2v) is 11.9. The van der Waals surface area contributed by atoms with Gasteiger partial charge in [-0.1, -0.05) is 50.6 Å². The van der Waals surface area contributed by atoms with Crippen LogP contribution in [0, 0.1) is 29.1 Å². The molecule has 0 aromatic heterocycles. The monoisotopic (exact) mass is 430 g/mol. The Balaban J connectivity index is 1.71. The number of aliphatic hydroxyl groups excluding tert-OH is 2. The van der Waals surface area contributed by atoms with Gasteiger partial charge in [0.2, 0.25) is 0 Å². The number of hydrogen-bond acceptors (Lipinski definition) is 3. The maximum Gasteiger partial charge on any atom is 0.0809 e. The van der Waals surface area contributed by atoms with Crippen molar-refractivity contribution in [3.05, 3.63) is 35.5 Å². The first-order chi connectivity index (χ1) is 14.4. The lowest BCUT2D eigenvalue weighted by Gasteiger charge is -2.45. The average molecular weight is 431 g/mol. The fourth-order valence-corrected chi connectivity index (χ4v) is 6.81. The summed E-state index contributed by atoms with van der Waals surface area (Å²) in [5.74, 6) is 2.69. The van der Waals surface area contributed by atoms with Gasteiger partial charge in [0.25, 0.3) is 0 Å². The Morgan fingerprint density at radius 3 is 2.39 bits per heavy atom. The summed E-state index contributed by atoms with van der Waals surface area (Å²) in [6.45, 7) is 15.0. The molecule has 176 valence electrons. The van der Waals surface area contributed by atoms with Crippen molar-refractivity contribution in [1.82, 2.24) is 0 Å². The Labute approximate surface area is 190 Å². The fourth-order valence-electron chi connectivity index (χ4n) is 6.81. The molecule has 7 atom stereocenters. The molecule has 3 aliphatic rings. The number of rotatable bonds is 6. The van der Waals surface area contributed by atoms with Crippen molar-refractivity contribution in [2.75, 3.05) is 0 Å². The van der Waals surface area contributed by atoms with Gasteiger partial charge in [0, 0.05) is 0 Å². The quantitative estimate of drug-likeness (QED) is 0.456. The predicted octanol–water partition coefficient (Wildman–Crippen LogP) is 5.95. The van der Waals surface area contributed by atoms with Crippen molar-refractivity contribution < 1.29 is 15.3 Å². The summed E-state index contributed by atoms with van der Waals surface area (Å²) in [5.41, 5.74) is 3.06. The zero-order chi connectivity index (χ0) is 23.0. The maximum atomic E-state index is 10.2. The second kappa shape index (κ2) is 9.53. The minimum atomic E-state index is -0.618. The van der Waals surface area contributed by atoms with Crippen molar-refractivity contribution in [1.29, 1.82) is 0 Å². The Hall–Kier alpha value is -0.900. The highest BCUT2D eigenvalue weighted by molar-refractivity contribution is 5.29. The van der Waals surface area contributed by atoms with Crippen LogP contribution in [0.2, 0.25) is 0 Å². The Morgan fingerprint density at radius 1 is 1.13 bits per heavy atom. The molecular weight excluding hydrogens is 384 g/mol. The minimum Gasteiger partial charge on any atom is -0.390 e. The molecule has 3 saturated carbocycles. The van der Waals surface area contributed by atoms with E-state index in [0.29, 0.717) is 41.6 Å². The highest BCUT2D eigenvalue weighted by atomic mass is 16.3. The summed E-state index contributed by atoms with van der Waals surface area (Å²) in [4.78, 5) is 0. The molecule has 3 aliphatic carbocycles. The van der Waals surface area contributed by atoms with Crippen LogP contribution in [-0.2, 0) is 0 Å². The van der Waals surface area contributed by atoms with Gasteiger partial charge in [-0.25, -0.2) is 0 Å². The van der Waals surface area contributed by atoms with E-state index in [9.17, 15) is 15.3 Å².